The summed E-state index contributed by atoms with van der Waals surface area (Å²) in [6.45, 7) is 12.4. The zero-order chi connectivity index (χ0) is 18.1. The van der Waals surface area contributed by atoms with Gasteiger partial charge in [-0.25, -0.2) is 4.98 Å². The van der Waals surface area contributed by atoms with E-state index < -0.39 is 0 Å². The van der Waals surface area contributed by atoms with Crippen LogP contribution in [0.5, 0.6) is 11.5 Å². The molecule has 5 nitrogen and oxygen atoms in total. The van der Waals surface area contributed by atoms with E-state index in [2.05, 4.69) is 28.7 Å². The number of hydrogen-bond acceptors (Lipinski definition) is 6. The van der Waals surface area contributed by atoms with Gasteiger partial charge in [-0.15, -0.1) is 17.9 Å². The molecule has 0 amide bonds. The van der Waals surface area contributed by atoms with Crippen molar-refractivity contribution >= 4 is 22.7 Å². The molecule has 132 valence electrons. The number of benzene rings is 1. The summed E-state index contributed by atoms with van der Waals surface area (Å²) in [6, 6.07) is 3.92. The molecule has 0 fully saturated rings. The predicted molar refractivity (Wildman–Crippen MR) is 105 cm³/mol. The Bertz CT molecular complexity index is 753. The number of rotatable bonds is 10. The SMILES string of the molecule is C=CCOc1c(CC=C)cc(C=NNc2nc(C)cs2)cc1OCC. The summed E-state index contributed by atoms with van der Waals surface area (Å²) in [5, 5.41) is 6.99. The van der Waals surface area contributed by atoms with E-state index in [1.165, 1.54) is 11.3 Å². The number of thiazole rings is 1. The zero-order valence-electron chi connectivity index (χ0n) is 14.6. The molecule has 0 aliphatic carbocycles. The van der Waals surface area contributed by atoms with E-state index in [1.54, 1.807) is 12.3 Å². The van der Waals surface area contributed by atoms with Crippen LogP contribution < -0.4 is 14.9 Å². The van der Waals surface area contributed by atoms with Gasteiger partial charge in [-0.3, -0.25) is 5.43 Å². The molecule has 2 rings (SSSR count). The van der Waals surface area contributed by atoms with E-state index >= 15 is 0 Å². The Balaban J connectivity index is 2.26. The second-order valence-electron chi connectivity index (χ2n) is 5.20. The second kappa shape index (κ2) is 9.64. The summed E-state index contributed by atoms with van der Waals surface area (Å²) in [5.41, 5.74) is 5.81. The first-order valence-electron chi connectivity index (χ1n) is 8.03. The van der Waals surface area contributed by atoms with E-state index in [0.717, 1.165) is 27.7 Å². The number of hydrazone groups is 1. The summed E-state index contributed by atoms with van der Waals surface area (Å²) in [7, 11) is 0. The maximum absolute atomic E-state index is 5.79. The van der Waals surface area contributed by atoms with E-state index in [4.69, 9.17) is 9.47 Å². The molecule has 0 aliphatic heterocycles. The molecule has 0 saturated heterocycles. The highest BCUT2D eigenvalue weighted by molar-refractivity contribution is 7.13. The van der Waals surface area contributed by atoms with Crippen LogP contribution in [0.3, 0.4) is 0 Å². The summed E-state index contributed by atoms with van der Waals surface area (Å²) in [5.74, 6) is 1.41. The highest BCUT2D eigenvalue weighted by Crippen LogP contribution is 2.33. The summed E-state index contributed by atoms with van der Waals surface area (Å²) in [6.07, 6.45) is 5.96. The van der Waals surface area contributed by atoms with Gasteiger partial charge in [0.05, 0.1) is 18.5 Å². The molecule has 0 bridgehead atoms. The van der Waals surface area contributed by atoms with Gasteiger partial charge in [-0.2, -0.15) is 5.10 Å². The van der Waals surface area contributed by atoms with Crippen molar-refractivity contribution in [3.8, 4) is 11.5 Å². The molecule has 0 unspecified atom stereocenters. The smallest absolute Gasteiger partial charge is 0.203 e. The van der Waals surface area contributed by atoms with Crippen molar-refractivity contribution in [3.05, 3.63) is 59.6 Å². The van der Waals surface area contributed by atoms with Gasteiger partial charge in [0.25, 0.3) is 0 Å². The second-order valence-corrected chi connectivity index (χ2v) is 6.05. The highest BCUT2D eigenvalue weighted by Gasteiger charge is 2.12. The van der Waals surface area contributed by atoms with E-state index in [0.29, 0.717) is 25.4 Å². The first-order chi connectivity index (χ1) is 12.2. The minimum atomic E-state index is 0.419. The lowest BCUT2D eigenvalue weighted by Gasteiger charge is -2.15. The number of nitrogens with one attached hydrogen (secondary N) is 1. The third-order valence-corrected chi connectivity index (χ3v) is 4.02. The van der Waals surface area contributed by atoms with Crippen LogP contribution in [-0.2, 0) is 6.42 Å². The lowest BCUT2D eigenvalue weighted by Crippen LogP contribution is -2.03. The quantitative estimate of drug-likeness (QED) is 0.384. The summed E-state index contributed by atoms with van der Waals surface area (Å²) >= 11 is 1.52. The summed E-state index contributed by atoms with van der Waals surface area (Å²) < 4.78 is 11.5. The average molecular weight is 357 g/mol. The van der Waals surface area contributed by atoms with Crippen LogP contribution >= 0.6 is 11.3 Å². The van der Waals surface area contributed by atoms with Crippen molar-refractivity contribution in [3.63, 3.8) is 0 Å². The molecule has 1 aromatic heterocycles. The fourth-order valence-corrected chi connectivity index (χ4v) is 2.84. The summed E-state index contributed by atoms with van der Waals surface area (Å²) in [4.78, 5) is 4.31. The first kappa shape index (κ1) is 18.7. The fraction of sp³-hybridized carbons (Fsp3) is 0.263. The van der Waals surface area contributed by atoms with Crippen molar-refractivity contribution in [1.29, 1.82) is 0 Å². The third-order valence-electron chi connectivity index (χ3n) is 3.16. The van der Waals surface area contributed by atoms with Crippen LogP contribution in [-0.4, -0.2) is 24.4 Å². The van der Waals surface area contributed by atoms with Gasteiger partial charge in [-0.05, 0) is 38.0 Å². The maximum Gasteiger partial charge on any atom is 0.203 e. The molecule has 0 saturated carbocycles. The zero-order valence-corrected chi connectivity index (χ0v) is 15.4. The molecule has 25 heavy (non-hydrogen) atoms. The molecule has 0 radical (unpaired) electrons. The van der Waals surface area contributed by atoms with Crippen molar-refractivity contribution in [2.24, 2.45) is 5.10 Å². The Morgan fingerprint density at radius 3 is 2.76 bits per heavy atom. The lowest BCUT2D eigenvalue weighted by atomic mass is 10.1. The fourth-order valence-electron chi connectivity index (χ4n) is 2.20. The molecule has 0 atom stereocenters. The highest BCUT2D eigenvalue weighted by atomic mass is 32.1. The third kappa shape index (κ3) is 5.46. The van der Waals surface area contributed by atoms with Crippen LogP contribution in [0.1, 0.15) is 23.7 Å². The normalized spacial score (nSPS) is 10.6. The number of aromatic nitrogens is 1. The molecule has 6 heteroatoms. The Labute approximate surface area is 152 Å². The maximum atomic E-state index is 5.79. The number of allylic oxidation sites excluding steroid dienone is 1. The molecule has 0 aliphatic rings. The van der Waals surface area contributed by atoms with Crippen LogP contribution in [0, 0.1) is 6.92 Å². The van der Waals surface area contributed by atoms with Crippen molar-refractivity contribution in [2.75, 3.05) is 18.6 Å². The van der Waals surface area contributed by atoms with Crippen LogP contribution in [0.4, 0.5) is 5.13 Å². The standard InChI is InChI=1S/C19H23N3O2S/c1-5-8-16-10-15(12-20-22-19-21-14(4)13-25-19)11-17(23-7-3)18(16)24-9-6-2/h5-6,10-13H,1-2,7-9H2,3-4H3,(H,21,22). The molecular weight excluding hydrogens is 334 g/mol. The van der Waals surface area contributed by atoms with Crippen molar-refractivity contribution < 1.29 is 9.47 Å². The van der Waals surface area contributed by atoms with Gasteiger partial charge < -0.3 is 9.47 Å². The first-order valence-corrected chi connectivity index (χ1v) is 8.91. The number of anilines is 1. The van der Waals surface area contributed by atoms with Crippen molar-refractivity contribution in [1.82, 2.24) is 4.98 Å². The van der Waals surface area contributed by atoms with Crippen LogP contribution in [0.15, 0.2) is 47.9 Å². The Morgan fingerprint density at radius 2 is 2.12 bits per heavy atom. The number of nitrogens with zero attached hydrogens (tertiary/aromatic N) is 2. The topological polar surface area (TPSA) is 55.7 Å². The average Bonchev–Trinajstić information content (AvgIpc) is 3.00. The number of ether oxygens (including phenoxy) is 2. The van der Waals surface area contributed by atoms with Gasteiger partial charge in [0.15, 0.2) is 11.5 Å². The lowest BCUT2D eigenvalue weighted by molar-refractivity contribution is 0.295. The molecule has 0 spiro atoms. The Hall–Kier alpha value is -2.60. The predicted octanol–water partition coefficient (Wildman–Crippen LogP) is 4.59. The minimum Gasteiger partial charge on any atom is -0.490 e. The Morgan fingerprint density at radius 1 is 1.28 bits per heavy atom. The van der Waals surface area contributed by atoms with Gasteiger partial charge in [0, 0.05) is 10.9 Å². The van der Waals surface area contributed by atoms with Gasteiger partial charge in [0.1, 0.15) is 6.61 Å². The van der Waals surface area contributed by atoms with E-state index in [9.17, 15) is 0 Å². The van der Waals surface area contributed by atoms with Gasteiger partial charge in [0.2, 0.25) is 5.13 Å². The minimum absolute atomic E-state index is 0.419. The van der Waals surface area contributed by atoms with E-state index in [1.807, 2.05) is 37.4 Å². The van der Waals surface area contributed by atoms with Crippen molar-refractivity contribution in [2.45, 2.75) is 20.3 Å². The molecule has 1 N–H and O–H groups in total. The molecular formula is C19H23N3O2S. The van der Waals surface area contributed by atoms with E-state index in [-0.39, 0.29) is 0 Å². The monoisotopic (exact) mass is 357 g/mol. The molecule has 1 aromatic carbocycles. The number of hydrogen-bond donors (Lipinski definition) is 1. The van der Waals surface area contributed by atoms with Gasteiger partial charge in [-0.1, -0.05) is 18.7 Å². The number of aryl methyl sites for hydroxylation is 1. The van der Waals surface area contributed by atoms with Crippen LogP contribution in [0.25, 0.3) is 0 Å². The molecule has 1 heterocycles. The molecule has 2 aromatic rings. The van der Waals surface area contributed by atoms with Gasteiger partial charge >= 0.3 is 0 Å². The van der Waals surface area contributed by atoms with Crippen LogP contribution in [0.2, 0.25) is 0 Å². The Kier molecular flexibility index (Phi) is 7.22. The largest absolute Gasteiger partial charge is 0.490 e.